The van der Waals surface area contributed by atoms with E-state index in [4.69, 9.17) is 0 Å². The van der Waals surface area contributed by atoms with E-state index in [1.807, 2.05) is 60.8 Å². The summed E-state index contributed by atoms with van der Waals surface area (Å²) in [7, 11) is 0. The molecule has 1 aromatic heterocycles. The molecule has 4 aromatic rings. The molecule has 0 aliphatic carbocycles. The Bertz CT molecular complexity index is 1110. The van der Waals surface area contributed by atoms with Gasteiger partial charge in [0, 0.05) is 18.1 Å². The molecule has 0 amide bonds. The van der Waals surface area contributed by atoms with Crippen molar-refractivity contribution < 1.29 is 5.11 Å². The number of rotatable bonds is 4. The number of aromatic hydroxyl groups is 1. The van der Waals surface area contributed by atoms with E-state index in [1.54, 1.807) is 16.7 Å². The predicted octanol–water partition coefficient (Wildman–Crippen LogP) is 4.62. The van der Waals surface area contributed by atoms with Gasteiger partial charge in [-0.15, -0.1) is 0 Å². The average molecular weight is 341 g/mol. The number of fused-ring (bicyclic) bond motifs is 1. The smallest absolute Gasteiger partial charge is 0.258 e. The Labute approximate surface area is 151 Å². The van der Waals surface area contributed by atoms with Gasteiger partial charge in [0.15, 0.2) is 0 Å². The van der Waals surface area contributed by atoms with Crippen molar-refractivity contribution in [2.24, 2.45) is 0 Å². The van der Waals surface area contributed by atoms with Crippen LogP contribution in [0.3, 0.4) is 0 Å². The highest BCUT2D eigenvalue weighted by Gasteiger charge is 2.06. The van der Waals surface area contributed by atoms with Crippen LogP contribution in [0.15, 0.2) is 89.9 Å². The second kappa shape index (κ2) is 6.89. The minimum Gasteiger partial charge on any atom is -0.508 e. The van der Waals surface area contributed by atoms with E-state index in [0.717, 1.165) is 22.9 Å². The Balaban J connectivity index is 1.66. The fourth-order valence-electron chi connectivity index (χ4n) is 3.22. The number of benzene rings is 3. The summed E-state index contributed by atoms with van der Waals surface area (Å²) in [5.74, 6) is 0.235. The molecule has 0 radical (unpaired) electrons. The average Bonchev–Trinajstić information content (AvgIpc) is 2.68. The first-order chi connectivity index (χ1) is 12.7. The van der Waals surface area contributed by atoms with Crippen LogP contribution in [-0.2, 0) is 13.0 Å². The van der Waals surface area contributed by atoms with Gasteiger partial charge in [0.2, 0.25) is 0 Å². The van der Waals surface area contributed by atoms with E-state index < -0.39 is 0 Å². The molecule has 1 heterocycles. The molecule has 0 saturated carbocycles. The Kier molecular flexibility index (Phi) is 4.28. The number of aromatic nitrogens is 1. The zero-order chi connectivity index (χ0) is 17.9. The van der Waals surface area contributed by atoms with Gasteiger partial charge in [-0.1, -0.05) is 48.5 Å². The van der Waals surface area contributed by atoms with E-state index in [9.17, 15) is 9.90 Å². The summed E-state index contributed by atoms with van der Waals surface area (Å²) in [6, 6.07) is 25.1. The largest absolute Gasteiger partial charge is 0.508 e. The van der Waals surface area contributed by atoms with Crippen LogP contribution in [0.5, 0.6) is 5.75 Å². The molecule has 0 spiro atoms. The Morgan fingerprint density at radius 1 is 0.808 bits per heavy atom. The minimum absolute atomic E-state index is 0.0286. The lowest BCUT2D eigenvalue weighted by atomic mass is 10.0. The van der Waals surface area contributed by atoms with Crippen LogP contribution < -0.4 is 5.56 Å². The molecule has 3 aromatic carbocycles. The summed E-state index contributed by atoms with van der Waals surface area (Å²) in [6.07, 6.45) is 2.69. The number of phenolic OH excluding ortho intramolecular Hbond substituents is 1. The number of pyridine rings is 1. The molecule has 0 aliphatic heterocycles. The quantitative estimate of drug-likeness (QED) is 0.589. The number of nitrogens with zero attached hydrogens (tertiary/aromatic N) is 1. The molecular weight excluding hydrogens is 322 g/mol. The molecule has 1 N–H and O–H groups in total. The topological polar surface area (TPSA) is 42.2 Å². The number of hydrogen-bond acceptors (Lipinski definition) is 2. The van der Waals surface area contributed by atoms with Gasteiger partial charge in [-0.05, 0) is 58.8 Å². The monoisotopic (exact) mass is 341 g/mol. The molecule has 4 rings (SSSR count). The predicted molar refractivity (Wildman–Crippen MR) is 105 cm³/mol. The molecule has 0 saturated heterocycles. The molecular formula is C23H19NO2. The molecule has 26 heavy (non-hydrogen) atoms. The highest BCUT2D eigenvalue weighted by atomic mass is 16.3. The molecule has 0 atom stereocenters. The Morgan fingerprint density at radius 2 is 1.62 bits per heavy atom. The third-order valence-corrected chi connectivity index (χ3v) is 4.64. The highest BCUT2D eigenvalue weighted by molar-refractivity contribution is 5.86. The second-order valence-electron chi connectivity index (χ2n) is 6.40. The van der Waals surface area contributed by atoms with Crippen LogP contribution in [0.2, 0.25) is 0 Å². The van der Waals surface area contributed by atoms with Crippen LogP contribution in [0.4, 0.5) is 0 Å². The van der Waals surface area contributed by atoms with Crippen LogP contribution >= 0.6 is 0 Å². The maximum atomic E-state index is 12.8. The van der Waals surface area contributed by atoms with Crippen LogP contribution in [-0.4, -0.2) is 9.67 Å². The SMILES string of the molecule is O=c1c2ccc(-c3cccc(O)c3)cc2ccn1CCc1ccccc1. The van der Waals surface area contributed by atoms with E-state index >= 15 is 0 Å². The van der Waals surface area contributed by atoms with Crippen LogP contribution in [0.1, 0.15) is 5.56 Å². The lowest BCUT2D eigenvalue weighted by Gasteiger charge is -2.09. The maximum Gasteiger partial charge on any atom is 0.258 e. The fraction of sp³-hybridized carbons (Fsp3) is 0.0870. The van der Waals surface area contributed by atoms with Gasteiger partial charge in [-0.25, -0.2) is 0 Å². The second-order valence-corrected chi connectivity index (χ2v) is 6.40. The van der Waals surface area contributed by atoms with E-state index in [2.05, 4.69) is 12.1 Å². The number of aryl methyl sites for hydroxylation is 2. The fourth-order valence-corrected chi connectivity index (χ4v) is 3.22. The Hall–Kier alpha value is -3.33. The summed E-state index contributed by atoms with van der Waals surface area (Å²) in [6.45, 7) is 0.660. The molecule has 3 heteroatoms. The van der Waals surface area contributed by atoms with Gasteiger partial charge >= 0.3 is 0 Å². The Morgan fingerprint density at radius 3 is 2.42 bits per heavy atom. The zero-order valence-corrected chi connectivity index (χ0v) is 14.3. The molecule has 3 nitrogen and oxygen atoms in total. The molecule has 128 valence electrons. The van der Waals surface area contributed by atoms with Crippen LogP contribution in [0.25, 0.3) is 21.9 Å². The third-order valence-electron chi connectivity index (χ3n) is 4.64. The summed E-state index contributed by atoms with van der Waals surface area (Å²) in [4.78, 5) is 12.8. The standard InChI is InChI=1S/C23H19NO2/c25-21-8-4-7-18(16-21)19-9-10-22-20(15-19)12-14-24(23(22)26)13-11-17-5-2-1-3-6-17/h1-10,12,14-16,25H,11,13H2. The first-order valence-electron chi connectivity index (χ1n) is 8.67. The zero-order valence-electron chi connectivity index (χ0n) is 14.3. The minimum atomic E-state index is 0.0286. The van der Waals surface area contributed by atoms with E-state index in [1.165, 1.54) is 5.56 Å². The highest BCUT2D eigenvalue weighted by Crippen LogP contribution is 2.25. The van der Waals surface area contributed by atoms with Crippen molar-refractivity contribution in [2.45, 2.75) is 13.0 Å². The van der Waals surface area contributed by atoms with Crippen LogP contribution in [0, 0.1) is 0 Å². The summed E-state index contributed by atoms with van der Waals surface area (Å²) >= 11 is 0. The molecule has 0 aliphatic rings. The first kappa shape index (κ1) is 16.2. The van der Waals surface area contributed by atoms with E-state index in [-0.39, 0.29) is 11.3 Å². The van der Waals surface area contributed by atoms with Crippen molar-refractivity contribution in [1.29, 1.82) is 0 Å². The maximum absolute atomic E-state index is 12.8. The van der Waals surface area contributed by atoms with Gasteiger partial charge < -0.3 is 9.67 Å². The van der Waals surface area contributed by atoms with Gasteiger partial charge in [-0.3, -0.25) is 4.79 Å². The normalized spacial score (nSPS) is 10.9. The number of phenols is 1. The van der Waals surface area contributed by atoms with Gasteiger partial charge in [0.25, 0.3) is 5.56 Å². The van der Waals surface area contributed by atoms with Gasteiger partial charge in [-0.2, -0.15) is 0 Å². The van der Waals surface area contributed by atoms with E-state index in [0.29, 0.717) is 11.9 Å². The third kappa shape index (κ3) is 3.24. The summed E-state index contributed by atoms with van der Waals surface area (Å²) in [5, 5.41) is 11.3. The molecule has 0 fully saturated rings. The summed E-state index contributed by atoms with van der Waals surface area (Å²) < 4.78 is 1.77. The van der Waals surface area contributed by atoms with Crippen molar-refractivity contribution in [3.05, 3.63) is 101 Å². The summed E-state index contributed by atoms with van der Waals surface area (Å²) in [5.41, 5.74) is 3.16. The van der Waals surface area contributed by atoms with Crippen molar-refractivity contribution in [3.8, 4) is 16.9 Å². The lowest BCUT2D eigenvalue weighted by molar-refractivity contribution is 0.475. The van der Waals surface area contributed by atoms with Crippen molar-refractivity contribution in [3.63, 3.8) is 0 Å². The van der Waals surface area contributed by atoms with Crippen molar-refractivity contribution in [1.82, 2.24) is 4.57 Å². The van der Waals surface area contributed by atoms with Gasteiger partial charge in [0.1, 0.15) is 5.75 Å². The van der Waals surface area contributed by atoms with Gasteiger partial charge in [0.05, 0.1) is 0 Å². The number of hydrogen-bond donors (Lipinski definition) is 1. The van der Waals surface area contributed by atoms with Crippen molar-refractivity contribution in [2.75, 3.05) is 0 Å². The lowest BCUT2D eigenvalue weighted by Crippen LogP contribution is -2.20. The molecule has 0 unspecified atom stereocenters. The first-order valence-corrected chi connectivity index (χ1v) is 8.67. The molecule has 0 bridgehead atoms. The van der Waals surface area contributed by atoms with Crippen molar-refractivity contribution >= 4 is 10.8 Å².